The molecule has 0 aliphatic carbocycles. The van der Waals surface area contributed by atoms with Gasteiger partial charge in [0.25, 0.3) is 0 Å². The quantitative estimate of drug-likeness (QED) is 0.623. The Bertz CT molecular complexity index is 795. The molecule has 0 radical (unpaired) electrons. The number of aromatic nitrogens is 1. The van der Waals surface area contributed by atoms with Crippen molar-refractivity contribution in [1.29, 1.82) is 0 Å². The lowest BCUT2D eigenvalue weighted by Gasteiger charge is -2.10. The van der Waals surface area contributed by atoms with Crippen LogP contribution in [0.4, 0.5) is 0 Å². The Morgan fingerprint density at radius 1 is 0.917 bits per heavy atom. The third kappa shape index (κ3) is 3.71. The Labute approximate surface area is 142 Å². The fourth-order valence-corrected chi connectivity index (χ4v) is 2.96. The van der Waals surface area contributed by atoms with E-state index in [1.54, 1.807) is 14.2 Å². The molecular formula is C20H24N2O2. The van der Waals surface area contributed by atoms with E-state index in [2.05, 4.69) is 46.8 Å². The van der Waals surface area contributed by atoms with Gasteiger partial charge >= 0.3 is 0 Å². The van der Waals surface area contributed by atoms with E-state index < -0.39 is 0 Å². The summed E-state index contributed by atoms with van der Waals surface area (Å²) in [6, 6.07) is 14.5. The molecular weight excluding hydrogens is 300 g/mol. The molecule has 2 aromatic carbocycles. The maximum absolute atomic E-state index is 5.35. The van der Waals surface area contributed by atoms with Crippen molar-refractivity contribution < 1.29 is 9.47 Å². The van der Waals surface area contributed by atoms with Crippen LogP contribution in [0, 0.1) is 0 Å². The second-order valence-electron chi connectivity index (χ2n) is 5.80. The number of para-hydroxylation sites is 1. The van der Waals surface area contributed by atoms with E-state index in [0.717, 1.165) is 37.4 Å². The summed E-state index contributed by atoms with van der Waals surface area (Å²) < 4.78 is 10.6. The molecule has 0 fully saturated rings. The van der Waals surface area contributed by atoms with E-state index >= 15 is 0 Å². The molecule has 0 spiro atoms. The summed E-state index contributed by atoms with van der Waals surface area (Å²) in [5.41, 5.74) is 3.81. The number of rotatable bonds is 8. The van der Waals surface area contributed by atoms with Crippen molar-refractivity contribution >= 4 is 10.9 Å². The summed E-state index contributed by atoms with van der Waals surface area (Å²) in [5.74, 6) is 1.56. The zero-order valence-electron chi connectivity index (χ0n) is 14.3. The number of methoxy groups -OCH3 is 2. The number of hydrogen-bond donors (Lipinski definition) is 2. The van der Waals surface area contributed by atoms with E-state index in [0.29, 0.717) is 0 Å². The maximum Gasteiger partial charge on any atom is 0.160 e. The van der Waals surface area contributed by atoms with Gasteiger partial charge in [-0.2, -0.15) is 0 Å². The normalized spacial score (nSPS) is 10.9. The van der Waals surface area contributed by atoms with Crippen LogP contribution in [-0.2, 0) is 12.8 Å². The number of hydrogen-bond acceptors (Lipinski definition) is 3. The number of aromatic amines is 1. The van der Waals surface area contributed by atoms with Gasteiger partial charge in [0.1, 0.15) is 0 Å². The van der Waals surface area contributed by atoms with Crippen LogP contribution in [0.3, 0.4) is 0 Å². The minimum Gasteiger partial charge on any atom is -0.493 e. The van der Waals surface area contributed by atoms with Gasteiger partial charge in [0.05, 0.1) is 14.2 Å². The van der Waals surface area contributed by atoms with Crippen molar-refractivity contribution in [2.24, 2.45) is 0 Å². The van der Waals surface area contributed by atoms with Crippen molar-refractivity contribution in [2.75, 3.05) is 27.3 Å². The summed E-state index contributed by atoms with van der Waals surface area (Å²) in [6.07, 6.45) is 4.10. The molecule has 0 amide bonds. The van der Waals surface area contributed by atoms with Gasteiger partial charge < -0.3 is 19.8 Å². The topological polar surface area (TPSA) is 46.3 Å². The van der Waals surface area contributed by atoms with Crippen molar-refractivity contribution in [3.8, 4) is 11.5 Å². The molecule has 0 saturated heterocycles. The van der Waals surface area contributed by atoms with Gasteiger partial charge in [0, 0.05) is 17.1 Å². The van der Waals surface area contributed by atoms with E-state index in [4.69, 9.17) is 9.47 Å². The first kappa shape index (κ1) is 16.4. The minimum absolute atomic E-state index is 0.772. The Morgan fingerprint density at radius 2 is 1.71 bits per heavy atom. The Hall–Kier alpha value is -2.46. The van der Waals surface area contributed by atoms with Crippen LogP contribution >= 0.6 is 0 Å². The molecule has 2 N–H and O–H groups in total. The van der Waals surface area contributed by atoms with E-state index in [-0.39, 0.29) is 0 Å². The minimum atomic E-state index is 0.772. The zero-order valence-corrected chi connectivity index (χ0v) is 14.3. The number of fused-ring (bicyclic) bond motifs is 1. The summed E-state index contributed by atoms with van der Waals surface area (Å²) in [4.78, 5) is 3.32. The Balaban J connectivity index is 1.47. The van der Waals surface area contributed by atoms with E-state index in [9.17, 15) is 0 Å². The van der Waals surface area contributed by atoms with Gasteiger partial charge in [-0.1, -0.05) is 24.3 Å². The summed E-state index contributed by atoms with van der Waals surface area (Å²) in [7, 11) is 3.32. The molecule has 24 heavy (non-hydrogen) atoms. The van der Waals surface area contributed by atoms with Crippen molar-refractivity contribution in [3.63, 3.8) is 0 Å². The second-order valence-corrected chi connectivity index (χ2v) is 5.80. The van der Waals surface area contributed by atoms with Gasteiger partial charge in [-0.25, -0.2) is 0 Å². The van der Waals surface area contributed by atoms with Crippen molar-refractivity contribution in [1.82, 2.24) is 10.3 Å². The third-order valence-corrected chi connectivity index (χ3v) is 4.28. The van der Waals surface area contributed by atoms with Crippen LogP contribution in [0.15, 0.2) is 48.7 Å². The molecule has 4 heteroatoms. The van der Waals surface area contributed by atoms with Crippen molar-refractivity contribution in [2.45, 2.75) is 12.8 Å². The molecule has 0 aliphatic heterocycles. The third-order valence-electron chi connectivity index (χ3n) is 4.28. The fraction of sp³-hybridized carbons (Fsp3) is 0.300. The molecule has 0 bridgehead atoms. The average Bonchev–Trinajstić information content (AvgIpc) is 3.04. The van der Waals surface area contributed by atoms with Crippen LogP contribution < -0.4 is 14.8 Å². The van der Waals surface area contributed by atoms with Crippen LogP contribution in [-0.4, -0.2) is 32.3 Å². The standard InChI is InChI=1S/C20H24N2O2/c1-23-19-8-7-15(13-20(19)24-2)9-11-21-12-10-16-14-22-18-6-4-3-5-17(16)18/h3-8,13-14,21-22H,9-12H2,1-2H3. The average molecular weight is 324 g/mol. The first-order valence-electron chi connectivity index (χ1n) is 8.28. The lowest BCUT2D eigenvalue weighted by molar-refractivity contribution is 0.354. The van der Waals surface area contributed by atoms with Crippen LogP contribution in [0.1, 0.15) is 11.1 Å². The van der Waals surface area contributed by atoms with E-state index in [1.807, 2.05) is 12.1 Å². The number of benzene rings is 2. The number of ether oxygens (including phenoxy) is 2. The molecule has 0 unspecified atom stereocenters. The Morgan fingerprint density at radius 3 is 2.54 bits per heavy atom. The molecule has 1 aromatic heterocycles. The van der Waals surface area contributed by atoms with Gasteiger partial charge in [-0.05, 0) is 55.3 Å². The van der Waals surface area contributed by atoms with E-state index in [1.165, 1.54) is 22.0 Å². The predicted octanol–water partition coefficient (Wildman–Crippen LogP) is 3.56. The lowest BCUT2D eigenvalue weighted by atomic mass is 10.1. The molecule has 126 valence electrons. The molecule has 0 saturated carbocycles. The molecule has 1 heterocycles. The van der Waals surface area contributed by atoms with Crippen molar-refractivity contribution in [3.05, 3.63) is 59.8 Å². The fourth-order valence-electron chi connectivity index (χ4n) is 2.96. The second kappa shape index (κ2) is 7.88. The summed E-state index contributed by atoms with van der Waals surface area (Å²) in [5, 5.41) is 4.84. The molecule has 3 aromatic rings. The molecule has 0 aliphatic rings. The lowest BCUT2D eigenvalue weighted by Crippen LogP contribution is -2.20. The molecule has 4 nitrogen and oxygen atoms in total. The van der Waals surface area contributed by atoms with Gasteiger partial charge in [0.2, 0.25) is 0 Å². The first-order chi connectivity index (χ1) is 11.8. The van der Waals surface area contributed by atoms with Crippen LogP contribution in [0.2, 0.25) is 0 Å². The first-order valence-corrected chi connectivity index (χ1v) is 8.28. The van der Waals surface area contributed by atoms with Crippen LogP contribution in [0.25, 0.3) is 10.9 Å². The highest BCUT2D eigenvalue weighted by molar-refractivity contribution is 5.83. The number of H-pyrrole nitrogens is 1. The zero-order chi connectivity index (χ0) is 16.8. The van der Waals surface area contributed by atoms with Gasteiger partial charge in [0.15, 0.2) is 11.5 Å². The molecule has 0 atom stereocenters. The SMILES string of the molecule is COc1ccc(CCNCCc2c[nH]c3ccccc23)cc1OC. The maximum atomic E-state index is 5.35. The summed E-state index contributed by atoms with van der Waals surface area (Å²) in [6.45, 7) is 1.91. The van der Waals surface area contributed by atoms with Gasteiger partial charge in [-0.3, -0.25) is 0 Å². The highest BCUT2D eigenvalue weighted by Gasteiger charge is 2.05. The van der Waals surface area contributed by atoms with Crippen LogP contribution in [0.5, 0.6) is 11.5 Å². The molecule has 3 rings (SSSR count). The predicted molar refractivity (Wildman–Crippen MR) is 98.1 cm³/mol. The summed E-state index contributed by atoms with van der Waals surface area (Å²) >= 11 is 0. The van der Waals surface area contributed by atoms with Gasteiger partial charge in [-0.15, -0.1) is 0 Å². The highest BCUT2D eigenvalue weighted by Crippen LogP contribution is 2.27. The number of nitrogens with one attached hydrogen (secondary N) is 2. The monoisotopic (exact) mass is 324 g/mol. The largest absolute Gasteiger partial charge is 0.493 e. The Kier molecular flexibility index (Phi) is 5.39. The highest BCUT2D eigenvalue weighted by atomic mass is 16.5. The smallest absolute Gasteiger partial charge is 0.160 e.